The zero-order chi connectivity index (χ0) is 32.7. The van der Waals surface area contributed by atoms with E-state index in [0.29, 0.717) is 0 Å². The molecule has 17 nitrogen and oxygen atoms in total. The molecule has 248 valence electrons. The van der Waals surface area contributed by atoms with Crippen molar-refractivity contribution in [3.05, 3.63) is 41.2 Å². The fourth-order valence-electron chi connectivity index (χ4n) is 5.15. The molecule has 0 spiro atoms. The van der Waals surface area contributed by atoms with Crippen LogP contribution >= 0.6 is 0 Å². The number of rotatable bonds is 8. The van der Waals surface area contributed by atoms with Crippen LogP contribution in [0.5, 0.6) is 34.5 Å². The highest BCUT2D eigenvalue weighted by atomic mass is 16.7. The van der Waals surface area contributed by atoms with Gasteiger partial charge in [-0.25, -0.2) is 0 Å². The molecule has 1 unspecified atom stereocenters. The number of hydrogen-bond donors (Lipinski definition) is 11. The molecule has 2 aromatic rings. The van der Waals surface area contributed by atoms with E-state index in [1.165, 1.54) is 25.3 Å². The smallest absolute Gasteiger partial charge is 0.229 e. The highest BCUT2D eigenvalue weighted by Gasteiger charge is 2.47. The van der Waals surface area contributed by atoms with Crippen molar-refractivity contribution in [1.82, 2.24) is 0 Å². The van der Waals surface area contributed by atoms with E-state index in [1.807, 2.05) is 0 Å². The summed E-state index contributed by atoms with van der Waals surface area (Å²) in [5.41, 5.74) is 0.116. The average Bonchev–Trinajstić information content (AvgIpc) is 3.02. The average molecular weight is 643 g/mol. The molecule has 17 heteroatoms. The third-order valence-corrected chi connectivity index (χ3v) is 7.68. The van der Waals surface area contributed by atoms with Crippen molar-refractivity contribution in [1.29, 1.82) is 0 Å². The summed E-state index contributed by atoms with van der Waals surface area (Å²) < 4.78 is 33.5. The molecule has 0 aromatic heterocycles. The molecule has 45 heavy (non-hydrogen) atoms. The first kappa shape index (κ1) is 32.8. The molecule has 3 aliphatic heterocycles. The maximum absolute atomic E-state index is 10.9. The van der Waals surface area contributed by atoms with Gasteiger partial charge in [0.2, 0.25) is 18.3 Å². The summed E-state index contributed by atoms with van der Waals surface area (Å²) in [6, 6.07) is 4.78. The second kappa shape index (κ2) is 13.0. The number of hydrogen-bond acceptors (Lipinski definition) is 17. The van der Waals surface area contributed by atoms with Crippen molar-refractivity contribution in [2.45, 2.75) is 67.5 Å². The lowest BCUT2D eigenvalue weighted by molar-refractivity contribution is -0.293. The quantitative estimate of drug-likeness (QED) is 0.131. The van der Waals surface area contributed by atoms with Crippen LogP contribution in [-0.2, 0) is 14.2 Å². The lowest BCUT2D eigenvalue weighted by Crippen LogP contribution is -2.60. The SMILES string of the molecule is COc1cc(C2Oc3cc(O[C@@H]4O[C@H](CO)[C@@H](O)[C@H](O)[C@H]4O)cc(O)c3C=C2O[C@@H]2O[C@H](CO)[C@@H](O)[C@H](O)[C@H]2O)cc(O)c1O. The Balaban J connectivity index is 1.52. The standard InChI is InChI=1S/C28H34O17/c1-40-15-3-9(2-13(32)19(15)33)26-16(43-28-25(39)23(37)21(35)18(8-30)45-28)6-11-12(31)4-10(5-14(11)42-26)41-27-24(38)22(36)20(34)17(7-29)44-27/h2-6,17-18,20-39H,7-8H2,1H3/t17-,18-,20-,21-,22+,23+,24-,25-,26?,27-,28-/m1/s1. The van der Waals surface area contributed by atoms with E-state index in [4.69, 9.17) is 28.4 Å². The Morgan fingerprint density at radius 2 is 1.27 bits per heavy atom. The van der Waals surface area contributed by atoms with Gasteiger partial charge in [0.1, 0.15) is 71.8 Å². The first-order valence-corrected chi connectivity index (χ1v) is 13.7. The van der Waals surface area contributed by atoms with E-state index in [2.05, 4.69) is 0 Å². The van der Waals surface area contributed by atoms with Crippen molar-refractivity contribution in [2.24, 2.45) is 0 Å². The molecular weight excluding hydrogens is 608 g/mol. The summed E-state index contributed by atoms with van der Waals surface area (Å²) in [7, 11) is 1.23. The highest BCUT2D eigenvalue weighted by Crippen LogP contribution is 2.47. The topological polar surface area (TPSA) is 278 Å². The molecule has 0 bridgehead atoms. The van der Waals surface area contributed by atoms with Crippen molar-refractivity contribution in [3.63, 3.8) is 0 Å². The van der Waals surface area contributed by atoms with Crippen molar-refractivity contribution >= 4 is 6.08 Å². The number of phenols is 3. The summed E-state index contributed by atoms with van der Waals surface area (Å²) >= 11 is 0. The summed E-state index contributed by atoms with van der Waals surface area (Å²) in [5.74, 6) is -2.18. The van der Waals surface area contributed by atoms with Crippen molar-refractivity contribution in [3.8, 4) is 34.5 Å². The Morgan fingerprint density at radius 1 is 0.689 bits per heavy atom. The normalized spacial score (nSPS) is 34.7. The molecule has 2 aromatic carbocycles. The molecule has 5 rings (SSSR count). The molecule has 2 fully saturated rings. The number of fused-ring (bicyclic) bond motifs is 1. The van der Waals surface area contributed by atoms with Crippen LogP contribution in [0.3, 0.4) is 0 Å². The zero-order valence-corrected chi connectivity index (χ0v) is 23.5. The minimum absolute atomic E-state index is 0.00181. The van der Waals surface area contributed by atoms with Gasteiger partial charge in [0.25, 0.3) is 0 Å². The fraction of sp³-hybridized carbons (Fsp3) is 0.500. The van der Waals surface area contributed by atoms with E-state index in [0.717, 1.165) is 12.1 Å². The molecule has 0 saturated carbocycles. The third kappa shape index (κ3) is 6.15. The molecule has 0 radical (unpaired) electrons. The van der Waals surface area contributed by atoms with Crippen molar-refractivity contribution in [2.75, 3.05) is 20.3 Å². The first-order valence-electron chi connectivity index (χ1n) is 13.7. The Bertz CT molecular complexity index is 1400. The largest absolute Gasteiger partial charge is 0.507 e. The molecule has 2 saturated heterocycles. The van der Waals surface area contributed by atoms with Gasteiger partial charge < -0.3 is 84.6 Å². The molecule has 0 amide bonds. The molecule has 0 aliphatic carbocycles. The van der Waals surface area contributed by atoms with Crippen LogP contribution in [0.4, 0.5) is 0 Å². The van der Waals surface area contributed by atoms with E-state index < -0.39 is 98.0 Å². The summed E-state index contributed by atoms with van der Waals surface area (Å²) in [4.78, 5) is 0. The molecular formula is C28H34O17. The predicted octanol–water partition coefficient (Wildman–Crippen LogP) is -2.72. The first-order chi connectivity index (χ1) is 21.4. The predicted molar refractivity (Wildman–Crippen MR) is 145 cm³/mol. The Labute approximate surface area is 254 Å². The number of aromatic hydroxyl groups is 3. The number of benzene rings is 2. The molecule has 3 aliphatic rings. The highest BCUT2D eigenvalue weighted by molar-refractivity contribution is 5.70. The van der Waals surface area contributed by atoms with Crippen LogP contribution in [0.25, 0.3) is 6.08 Å². The lowest BCUT2D eigenvalue weighted by Gasteiger charge is -2.41. The summed E-state index contributed by atoms with van der Waals surface area (Å²) in [6.07, 6.45) is -16.2. The van der Waals surface area contributed by atoms with Crippen LogP contribution in [0.15, 0.2) is 30.0 Å². The fourth-order valence-corrected chi connectivity index (χ4v) is 5.15. The van der Waals surface area contributed by atoms with Crippen LogP contribution in [0, 0.1) is 0 Å². The van der Waals surface area contributed by atoms with Gasteiger partial charge in [0.05, 0.1) is 25.9 Å². The van der Waals surface area contributed by atoms with Gasteiger partial charge >= 0.3 is 0 Å². The van der Waals surface area contributed by atoms with Crippen LogP contribution in [0.2, 0.25) is 0 Å². The van der Waals surface area contributed by atoms with Gasteiger partial charge in [-0.1, -0.05) is 0 Å². The molecule has 3 heterocycles. The van der Waals surface area contributed by atoms with Gasteiger partial charge in [-0.3, -0.25) is 0 Å². The Kier molecular flexibility index (Phi) is 9.47. The van der Waals surface area contributed by atoms with E-state index in [1.54, 1.807) is 0 Å². The second-order valence-electron chi connectivity index (χ2n) is 10.6. The molecule has 11 N–H and O–H groups in total. The van der Waals surface area contributed by atoms with Gasteiger partial charge in [-0.05, 0) is 18.2 Å². The van der Waals surface area contributed by atoms with E-state index in [-0.39, 0.29) is 34.1 Å². The Morgan fingerprint density at radius 3 is 1.82 bits per heavy atom. The van der Waals surface area contributed by atoms with Crippen LogP contribution in [-0.4, -0.2) is 138 Å². The number of methoxy groups -OCH3 is 1. The monoisotopic (exact) mass is 642 g/mol. The van der Waals surface area contributed by atoms with Crippen molar-refractivity contribution < 1.29 is 84.6 Å². The zero-order valence-electron chi connectivity index (χ0n) is 23.5. The number of ether oxygens (including phenoxy) is 6. The Hall–Kier alpha value is -3.62. The maximum atomic E-state index is 10.9. The number of aliphatic hydroxyl groups excluding tert-OH is 8. The maximum Gasteiger partial charge on any atom is 0.229 e. The van der Waals surface area contributed by atoms with Crippen LogP contribution < -0.4 is 14.2 Å². The summed E-state index contributed by atoms with van der Waals surface area (Å²) in [6.45, 7) is -1.43. The summed E-state index contributed by atoms with van der Waals surface area (Å²) in [5, 5.41) is 112. The van der Waals surface area contributed by atoms with Crippen LogP contribution in [0.1, 0.15) is 17.2 Å². The van der Waals surface area contributed by atoms with Gasteiger partial charge in [-0.15, -0.1) is 0 Å². The second-order valence-corrected chi connectivity index (χ2v) is 10.6. The van der Waals surface area contributed by atoms with Gasteiger partial charge in [0.15, 0.2) is 17.6 Å². The molecule has 11 atom stereocenters. The minimum Gasteiger partial charge on any atom is -0.507 e. The third-order valence-electron chi connectivity index (χ3n) is 7.68. The lowest BCUT2D eigenvalue weighted by atomic mass is 9.98. The van der Waals surface area contributed by atoms with Gasteiger partial charge in [-0.2, -0.15) is 0 Å². The minimum atomic E-state index is -1.81. The van der Waals surface area contributed by atoms with E-state index >= 15 is 0 Å². The number of aliphatic hydroxyl groups is 8. The van der Waals surface area contributed by atoms with Gasteiger partial charge in [0, 0.05) is 17.7 Å². The van der Waals surface area contributed by atoms with E-state index in [9.17, 15) is 56.2 Å². The number of phenolic OH excluding ortho intramolecular Hbond substituents is 3.